The molecule has 18 heavy (non-hydrogen) atoms. The molecule has 0 fully saturated rings. The summed E-state index contributed by atoms with van der Waals surface area (Å²) in [5.74, 6) is 0.714. The number of anilines is 1. The number of aryl methyl sites for hydroxylation is 1. The van der Waals surface area contributed by atoms with E-state index in [0.29, 0.717) is 12.4 Å². The van der Waals surface area contributed by atoms with Crippen molar-refractivity contribution in [2.45, 2.75) is 20.3 Å². The zero-order valence-corrected chi connectivity index (χ0v) is 10.6. The Kier molecular flexibility index (Phi) is 3.72. The van der Waals surface area contributed by atoms with Gasteiger partial charge in [0, 0.05) is 5.56 Å². The van der Waals surface area contributed by atoms with E-state index in [-0.39, 0.29) is 12.0 Å². The standard InChI is InChI=1S/C13H16N4O/c1-3-9-6-5-7-10(8-9)11-15-12(14)17-13(16-11)18-4-2/h5-8H,3-4H2,1-2H3,(H2,14,15,16,17). The predicted molar refractivity (Wildman–Crippen MR) is 70.2 cm³/mol. The van der Waals surface area contributed by atoms with Crippen molar-refractivity contribution >= 4 is 5.95 Å². The van der Waals surface area contributed by atoms with E-state index in [1.165, 1.54) is 5.56 Å². The molecule has 5 nitrogen and oxygen atoms in total. The summed E-state index contributed by atoms with van der Waals surface area (Å²) in [7, 11) is 0. The van der Waals surface area contributed by atoms with Crippen LogP contribution in [-0.2, 0) is 6.42 Å². The number of nitrogens with two attached hydrogens (primary N) is 1. The first-order valence-corrected chi connectivity index (χ1v) is 5.96. The second kappa shape index (κ2) is 5.44. The number of nitrogen functional groups attached to an aromatic ring is 1. The number of nitrogens with zero attached hydrogens (tertiary/aromatic N) is 3. The second-order valence-electron chi connectivity index (χ2n) is 3.79. The van der Waals surface area contributed by atoms with E-state index in [4.69, 9.17) is 10.5 Å². The zero-order valence-electron chi connectivity index (χ0n) is 10.6. The lowest BCUT2D eigenvalue weighted by atomic mass is 10.1. The van der Waals surface area contributed by atoms with Crippen molar-refractivity contribution in [3.63, 3.8) is 0 Å². The summed E-state index contributed by atoms with van der Waals surface area (Å²) in [5.41, 5.74) is 7.80. The van der Waals surface area contributed by atoms with Crippen LogP contribution in [0.1, 0.15) is 19.4 Å². The van der Waals surface area contributed by atoms with E-state index in [1.54, 1.807) is 0 Å². The molecule has 0 spiro atoms. The van der Waals surface area contributed by atoms with E-state index in [2.05, 4.69) is 27.9 Å². The van der Waals surface area contributed by atoms with Crippen molar-refractivity contribution < 1.29 is 4.74 Å². The molecule has 94 valence electrons. The Balaban J connectivity index is 2.42. The molecule has 1 aromatic carbocycles. The molecule has 0 saturated heterocycles. The molecule has 0 atom stereocenters. The van der Waals surface area contributed by atoms with Gasteiger partial charge in [0.05, 0.1) is 6.61 Å². The first kappa shape index (κ1) is 12.3. The third-order valence-corrected chi connectivity index (χ3v) is 2.50. The number of hydrogen-bond donors (Lipinski definition) is 1. The lowest BCUT2D eigenvalue weighted by Crippen LogP contribution is -2.04. The van der Waals surface area contributed by atoms with E-state index in [1.807, 2.05) is 25.1 Å². The third kappa shape index (κ3) is 2.74. The molecular weight excluding hydrogens is 228 g/mol. The van der Waals surface area contributed by atoms with Gasteiger partial charge < -0.3 is 10.5 Å². The Morgan fingerprint density at radius 3 is 2.72 bits per heavy atom. The fourth-order valence-corrected chi connectivity index (χ4v) is 1.63. The van der Waals surface area contributed by atoms with Crippen LogP contribution in [0.3, 0.4) is 0 Å². The maximum atomic E-state index is 5.66. The van der Waals surface area contributed by atoms with Crippen LogP contribution in [0.4, 0.5) is 5.95 Å². The van der Waals surface area contributed by atoms with Gasteiger partial charge in [-0.15, -0.1) is 0 Å². The van der Waals surface area contributed by atoms with Crippen LogP contribution in [-0.4, -0.2) is 21.6 Å². The quantitative estimate of drug-likeness (QED) is 0.891. The van der Waals surface area contributed by atoms with Gasteiger partial charge >= 0.3 is 6.01 Å². The molecule has 0 aliphatic carbocycles. The smallest absolute Gasteiger partial charge is 0.321 e. The van der Waals surface area contributed by atoms with Crippen LogP contribution in [0.15, 0.2) is 24.3 Å². The van der Waals surface area contributed by atoms with Crippen molar-refractivity contribution in [1.29, 1.82) is 0 Å². The average Bonchev–Trinajstić information content (AvgIpc) is 2.38. The number of ether oxygens (including phenoxy) is 1. The van der Waals surface area contributed by atoms with Crippen molar-refractivity contribution in [3.8, 4) is 17.4 Å². The number of rotatable bonds is 4. The van der Waals surface area contributed by atoms with Crippen LogP contribution in [0.25, 0.3) is 11.4 Å². The maximum absolute atomic E-state index is 5.66. The molecule has 0 radical (unpaired) electrons. The fraction of sp³-hybridized carbons (Fsp3) is 0.308. The minimum atomic E-state index is 0.172. The lowest BCUT2D eigenvalue weighted by molar-refractivity contribution is 0.312. The molecule has 0 saturated carbocycles. The summed E-state index contributed by atoms with van der Waals surface area (Å²) in [6, 6.07) is 8.31. The Morgan fingerprint density at radius 2 is 2.00 bits per heavy atom. The maximum Gasteiger partial charge on any atom is 0.321 e. The van der Waals surface area contributed by atoms with Gasteiger partial charge in [-0.1, -0.05) is 25.1 Å². The molecule has 0 aliphatic heterocycles. The lowest BCUT2D eigenvalue weighted by Gasteiger charge is -2.06. The van der Waals surface area contributed by atoms with Gasteiger partial charge in [0.25, 0.3) is 0 Å². The third-order valence-electron chi connectivity index (χ3n) is 2.50. The van der Waals surface area contributed by atoms with Gasteiger partial charge in [-0.25, -0.2) is 0 Å². The molecule has 2 N–H and O–H groups in total. The van der Waals surface area contributed by atoms with Crippen LogP contribution >= 0.6 is 0 Å². The first-order valence-electron chi connectivity index (χ1n) is 5.96. The monoisotopic (exact) mass is 244 g/mol. The summed E-state index contributed by atoms with van der Waals surface area (Å²) in [4.78, 5) is 12.3. The van der Waals surface area contributed by atoms with Crippen molar-refractivity contribution in [2.75, 3.05) is 12.3 Å². The normalized spacial score (nSPS) is 10.3. The topological polar surface area (TPSA) is 73.9 Å². The van der Waals surface area contributed by atoms with Gasteiger partial charge in [-0.2, -0.15) is 15.0 Å². The average molecular weight is 244 g/mol. The highest BCUT2D eigenvalue weighted by Gasteiger charge is 2.07. The molecule has 2 aromatic rings. The van der Waals surface area contributed by atoms with E-state index >= 15 is 0 Å². The zero-order chi connectivity index (χ0) is 13.0. The van der Waals surface area contributed by atoms with Crippen LogP contribution in [0.2, 0.25) is 0 Å². The van der Waals surface area contributed by atoms with Crippen LogP contribution in [0, 0.1) is 0 Å². The van der Waals surface area contributed by atoms with Gasteiger partial charge in [-0.05, 0) is 25.0 Å². The Morgan fingerprint density at radius 1 is 1.17 bits per heavy atom. The second-order valence-corrected chi connectivity index (χ2v) is 3.79. The van der Waals surface area contributed by atoms with Crippen molar-refractivity contribution in [1.82, 2.24) is 15.0 Å². The summed E-state index contributed by atoms with van der Waals surface area (Å²) in [6.07, 6.45) is 0.965. The van der Waals surface area contributed by atoms with Gasteiger partial charge in [0.2, 0.25) is 5.95 Å². The minimum Gasteiger partial charge on any atom is -0.464 e. The number of hydrogen-bond acceptors (Lipinski definition) is 5. The molecule has 1 aromatic heterocycles. The Labute approximate surface area is 106 Å². The van der Waals surface area contributed by atoms with Crippen LogP contribution in [0.5, 0.6) is 6.01 Å². The summed E-state index contributed by atoms with van der Waals surface area (Å²) >= 11 is 0. The van der Waals surface area contributed by atoms with Crippen LogP contribution < -0.4 is 10.5 Å². The largest absolute Gasteiger partial charge is 0.464 e. The molecule has 2 rings (SSSR count). The summed E-state index contributed by atoms with van der Waals surface area (Å²) < 4.78 is 5.26. The highest BCUT2D eigenvalue weighted by atomic mass is 16.5. The predicted octanol–water partition coefficient (Wildman–Crippen LogP) is 2.08. The molecule has 0 amide bonds. The van der Waals surface area contributed by atoms with Gasteiger partial charge in [-0.3, -0.25) is 0 Å². The first-order chi connectivity index (χ1) is 8.72. The number of aromatic nitrogens is 3. The summed E-state index contributed by atoms with van der Waals surface area (Å²) in [5, 5.41) is 0. The van der Waals surface area contributed by atoms with E-state index < -0.39 is 0 Å². The minimum absolute atomic E-state index is 0.172. The van der Waals surface area contributed by atoms with Gasteiger partial charge in [0.1, 0.15) is 0 Å². The molecule has 0 bridgehead atoms. The Hall–Kier alpha value is -2.17. The number of benzene rings is 1. The van der Waals surface area contributed by atoms with Crippen molar-refractivity contribution in [2.24, 2.45) is 0 Å². The Bertz CT molecular complexity index is 542. The molecular formula is C13H16N4O. The SMILES string of the molecule is CCOc1nc(N)nc(-c2cccc(CC)c2)n1. The molecule has 5 heteroatoms. The van der Waals surface area contributed by atoms with Gasteiger partial charge in [0.15, 0.2) is 5.82 Å². The highest BCUT2D eigenvalue weighted by molar-refractivity contribution is 5.57. The molecule has 0 unspecified atom stereocenters. The van der Waals surface area contributed by atoms with E-state index in [0.717, 1.165) is 12.0 Å². The highest BCUT2D eigenvalue weighted by Crippen LogP contribution is 2.19. The molecule has 0 aliphatic rings. The summed E-state index contributed by atoms with van der Waals surface area (Å²) in [6.45, 7) is 4.47. The van der Waals surface area contributed by atoms with Crippen molar-refractivity contribution in [3.05, 3.63) is 29.8 Å². The van der Waals surface area contributed by atoms with E-state index in [9.17, 15) is 0 Å². The fourth-order valence-electron chi connectivity index (χ4n) is 1.63. The molecule has 1 heterocycles.